The number of aliphatic imine (C=N–C) groups is 1. The summed E-state index contributed by atoms with van der Waals surface area (Å²) >= 11 is 0. The number of nitrogens with two attached hydrogens (primary N) is 1. The van der Waals surface area contributed by atoms with E-state index in [1.54, 1.807) is 6.33 Å². The van der Waals surface area contributed by atoms with E-state index in [0.29, 0.717) is 12.6 Å². The molecular formula is C16H16N4O. The van der Waals surface area contributed by atoms with Gasteiger partial charge in [0.2, 0.25) is 0 Å². The topological polar surface area (TPSA) is 73.4 Å². The van der Waals surface area contributed by atoms with Crippen molar-refractivity contribution in [1.29, 1.82) is 0 Å². The van der Waals surface area contributed by atoms with Crippen LogP contribution in [-0.4, -0.2) is 28.1 Å². The first kappa shape index (κ1) is 12.3. The Hall–Kier alpha value is -2.43. The van der Waals surface area contributed by atoms with E-state index in [-0.39, 0.29) is 5.54 Å². The lowest BCUT2D eigenvalue weighted by atomic mass is 9.78. The average molecular weight is 280 g/mol. The van der Waals surface area contributed by atoms with E-state index < -0.39 is 0 Å². The Balaban J connectivity index is 1.67. The largest absolute Gasteiger partial charge is 0.463 e. The number of aryl methyl sites for hydroxylation is 1. The molecule has 1 aromatic heterocycles. The first-order valence-electron chi connectivity index (χ1n) is 7.09. The Labute approximate surface area is 122 Å². The molecule has 1 aromatic carbocycles. The standard InChI is InChI=1S/C16H16N4O/c17-15-20-16(9-21-15)4-3-12-5-11(1-2-13(12)6-16)14-7-18-10-19-8-14/h1-2,5,7-8,10H,3-4,6,9H2,(H2,17,20)/t16-/m0/s1. The van der Waals surface area contributed by atoms with Gasteiger partial charge >= 0.3 is 0 Å². The molecule has 2 N–H and O–H groups in total. The quantitative estimate of drug-likeness (QED) is 0.863. The number of hydrogen-bond acceptors (Lipinski definition) is 5. The first-order chi connectivity index (χ1) is 10.2. The van der Waals surface area contributed by atoms with Gasteiger partial charge < -0.3 is 10.5 Å². The highest BCUT2D eigenvalue weighted by atomic mass is 16.5. The number of benzene rings is 1. The van der Waals surface area contributed by atoms with E-state index in [2.05, 4.69) is 33.2 Å². The second-order valence-corrected chi connectivity index (χ2v) is 5.75. The summed E-state index contributed by atoms with van der Waals surface area (Å²) in [5.74, 6) is 0. The average Bonchev–Trinajstić information content (AvgIpc) is 2.88. The van der Waals surface area contributed by atoms with Crippen molar-refractivity contribution in [3.63, 3.8) is 0 Å². The zero-order valence-corrected chi connectivity index (χ0v) is 11.6. The van der Waals surface area contributed by atoms with Crippen molar-refractivity contribution < 1.29 is 4.74 Å². The van der Waals surface area contributed by atoms with Gasteiger partial charge in [-0.05, 0) is 29.5 Å². The lowest BCUT2D eigenvalue weighted by molar-refractivity contribution is 0.235. The van der Waals surface area contributed by atoms with Crippen molar-refractivity contribution in [3.8, 4) is 11.1 Å². The maximum absolute atomic E-state index is 5.67. The monoisotopic (exact) mass is 280 g/mol. The van der Waals surface area contributed by atoms with E-state index in [0.717, 1.165) is 30.4 Å². The molecule has 1 aliphatic heterocycles. The molecule has 0 fully saturated rings. The van der Waals surface area contributed by atoms with E-state index in [9.17, 15) is 0 Å². The third-order valence-corrected chi connectivity index (χ3v) is 4.32. The summed E-state index contributed by atoms with van der Waals surface area (Å²) in [5, 5.41) is 0. The first-order valence-corrected chi connectivity index (χ1v) is 7.09. The molecule has 2 heterocycles. The lowest BCUT2D eigenvalue weighted by Gasteiger charge is -2.30. The number of aromatic nitrogens is 2. The van der Waals surface area contributed by atoms with E-state index in [4.69, 9.17) is 10.5 Å². The third kappa shape index (κ3) is 2.14. The maximum Gasteiger partial charge on any atom is 0.282 e. The molecule has 1 atom stereocenters. The molecule has 1 spiro atoms. The summed E-state index contributed by atoms with van der Waals surface area (Å²) in [6, 6.07) is 6.88. The summed E-state index contributed by atoms with van der Waals surface area (Å²) < 4.78 is 5.37. The van der Waals surface area contributed by atoms with Gasteiger partial charge in [-0.2, -0.15) is 0 Å². The Morgan fingerprint density at radius 2 is 1.95 bits per heavy atom. The number of hydrogen-bond donors (Lipinski definition) is 1. The third-order valence-electron chi connectivity index (χ3n) is 4.32. The van der Waals surface area contributed by atoms with Gasteiger partial charge in [0.25, 0.3) is 6.02 Å². The fourth-order valence-electron chi connectivity index (χ4n) is 3.19. The molecule has 0 amide bonds. The second-order valence-electron chi connectivity index (χ2n) is 5.75. The van der Waals surface area contributed by atoms with Gasteiger partial charge in [0, 0.05) is 24.4 Å². The van der Waals surface area contributed by atoms with Gasteiger partial charge in [-0.3, -0.25) is 0 Å². The number of rotatable bonds is 1. The molecule has 0 saturated carbocycles. The van der Waals surface area contributed by atoms with Crippen molar-refractivity contribution in [2.75, 3.05) is 6.61 Å². The summed E-state index contributed by atoms with van der Waals surface area (Å²) in [6.07, 6.45) is 8.11. The molecule has 0 bridgehead atoms. The van der Waals surface area contributed by atoms with E-state index in [1.807, 2.05) is 12.4 Å². The molecule has 2 aliphatic rings. The van der Waals surface area contributed by atoms with Crippen LogP contribution in [-0.2, 0) is 17.6 Å². The predicted octanol–water partition coefficient (Wildman–Crippen LogP) is 1.72. The van der Waals surface area contributed by atoms with E-state index >= 15 is 0 Å². The van der Waals surface area contributed by atoms with Gasteiger partial charge in [0.1, 0.15) is 18.5 Å². The van der Waals surface area contributed by atoms with Crippen LogP contribution in [0.3, 0.4) is 0 Å². The van der Waals surface area contributed by atoms with Crippen molar-refractivity contribution in [1.82, 2.24) is 9.97 Å². The molecule has 21 heavy (non-hydrogen) atoms. The van der Waals surface area contributed by atoms with Gasteiger partial charge in [-0.25, -0.2) is 15.0 Å². The van der Waals surface area contributed by atoms with Gasteiger partial charge in [0.05, 0.1) is 0 Å². The number of nitrogens with zero attached hydrogens (tertiary/aromatic N) is 3. The van der Waals surface area contributed by atoms with Crippen LogP contribution in [0.2, 0.25) is 0 Å². The van der Waals surface area contributed by atoms with Gasteiger partial charge in [-0.1, -0.05) is 18.2 Å². The Kier molecular flexibility index (Phi) is 2.67. The van der Waals surface area contributed by atoms with Crippen molar-refractivity contribution >= 4 is 6.02 Å². The molecule has 0 radical (unpaired) electrons. The summed E-state index contributed by atoms with van der Waals surface area (Å²) in [6.45, 7) is 0.604. The van der Waals surface area contributed by atoms with Crippen LogP contribution in [0.4, 0.5) is 0 Å². The fraction of sp³-hybridized carbons (Fsp3) is 0.312. The Morgan fingerprint density at radius 1 is 1.10 bits per heavy atom. The van der Waals surface area contributed by atoms with Crippen LogP contribution in [0, 0.1) is 0 Å². The van der Waals surface area contributed by atoms with Crippen molar-refractivity contribution in [3.05, 3.63) is 48.0 Å². The van der Waals surface area contributed by atoms with Gasteiger partial charge in [0.15, 0.2) is 0 Å². The van der Waals surface area contributed by atoms with Crippen LogP contribution in [0.1, 0.15) is 17.5 Å². The Bertz CT molecular complexity index is 713. The zero-order chi connectivity index (χ0) is 14.3. The number of ether oxygens (including phenoxy) is 1. The summed E-state index contributed by atoms with van der Waals surface area (Å²) in [7, 11) is 0. The molecule has 2 aromatic rings. The highest BCUT2D eigenvalue weighted by Gasteiger charge is 2.39. The smallest absolute Gasteiger partial charge is 0.282 e. The van der Waals surface area contributed by atoms with Crippen LogP contribution < -0.4 is 5.73 Å². The van der Waals surface area contributed by atoms with Crippen LogP contribution in [0.5, 0.6) is 0 Å². The predicted molar refractivity (Wildman–Crippen MR) is 79.8 cm³/mol. The lowest BCUT2D eigenvalue weighted by Crippen LogP contribution is -2.35. The van der Waals surface area contributed by atoms with Gasteiger partial charge in [-0.15, -0.1) is 0 Å². The van der Waals surface area contributed by atoms with Crippen molar-refractivity contribution in [2.45, 2.75) is 24.8 Å². The van der Waals surface area contributed by atoms with Crippen LogP contribution >= 0.6 is 0 Å². The highest BCUT2D eigenvalue weighted by Crippen LogP contribution is 2.36. The second kappa shape index (κ2) is 4.55. The maximum atomic E-state index is 5.67. The molecule has 0 unspecified atom stereocenters. The minimum absolute atomic E-state index is 0.144. The summed E-state index contributed by atoms with van der Waals surface area (Å²) in [4.78, 5) is 12.7. The zero-order valence-electron chi connectivity index (χ0n) is 11.6. The van der Waals surface area contributed by atoms with Crippen LogP contribution in [0.15, 0.2) is 41.9 Å². The summed E-state index contributed by atoms with van der Waals surface area (Å²) in [5.41, 5.74) is 10.5. The normalized spacial score (nSPS) is 23.5. The minimum atomic E-state index is -0.144. The molecular weight excluding hydrogens is 264 g/mol. The molecule has 5 heteroatoms. The molecule has 4 rings (SSSR count). The number of amidine groups is 1. The SMILES string of the molecule is NC1=N[C@]2(CCc3cc(-c4cncnc4)ccc3C2)CO1. The number of fused-ring (bicyclic) bond motifs is 1. The van der Waals surface area contributed by atoms with E-state index in [1.165, 1.54) is 11.1 Å². The van der Waals surface area contributed by atoms with Crippen LogP contribution in [0.25, 0.3) is 11.1 Å². The fourth-order valence-corrected chi connectivity index (χ4v) is 3.19. The molecule has 5 nitrogen and oxygen atoms in total. The minimum Gasteiger partial charge on any atom is -0.463 e. The molecule has 1 aliphatic carbocycles. The molecule has 0 saturated heterocycles. The van der Waals surface area contributed by atoms with Crippen molar-refractivity contribution in [2.24, 2.45) is 10.7 Å². The highest BCUT2D eigenvalue weighted by molar-refractivity contribution is 5.74. The molecule has 106 valence electrons. The Morgan fingerprint density at radius 3 is 2.71 bits per heavy atom.